The van der Waals surface area contributed by atoms with Crippen LogP contribution in [0.4, 0.5) is 14.6 Å². The number of nitriles is 1. The van der Waals surface area contributed by atoms with Gasteiger partial charge in [-0.3, -0.25) is 9.36 Å². The lowest BCUT2D eigenvalue weighted by Crippen LogP contribution is -2.59. The minimum Gasteiger partial charge on any atom is -0.352 e. The minimum absolute atomic E-state index is 0.0712. The smallest absolute Gasteiger partial charge is 0.291 e. The number of carbonyl (C=O) groups excluding carboxylic acids is 1. The van der Waals surface area contributed by atoms with Crippen LogP contribution < -0.4 is 9.62 Å². The molecule has 3 aromatic heterocycles. The SMILES string of the molecule is CC(C)C(=O)N1C(C)CN(c2ncnc3c2c2ccc(S(=O)(=O)NC4(C#N)CC4)cc2n3-c2nnc(C(F)F)s2)CC1C. The Kier molecular flexibility index (Phi) is 7.09. The third-order valence-corrected chi connectivity index (χ3v) is 10.3. The predicted molar refractivity (Wildman–Crippen MR) is 156 cm³/mol. The lowest BCUT2D eigenvalue weighted by Gasteiger charge is -2.45. The maximum atomic E-state index is 13.5. The Balaban J connectivity index is 1.52. The van der Waals surface area contributed by atoms with Crippen molar-refractivity contribution < 1.29 is 22.0 Å². The van der Waals surface area contributed by atoms with Crippen LogP contribution in [0.1, 0.15) is 52.0 Å². The molecule has 0 bridgehead atoms. The van der Waals surface area contributed by atoms with E-state index in [4.69, 9.17) is 0 Å². The number of amides is 1. The molecule has 1 N–H and O–H groups in total. The number of fused-ring (bicyclic) bond motifs is 3. The van der Waals surface area contributed by atoms with Crippen LogP contribution in [0, 0.1) is 17.2 Å². The number of aromatic nitrogens is 5. The zero-order valence-electron chi connectivity index (χ0n) is 23.8. The molecule has 2 atom stereocenters. The summed E-state index contributed by atoms with van der Waals surface area (Å²) in [6.07, 6.45) is -0.638. The van der Waals surface area contributed by atoms with E-state index in [9.17, 15) is 27.3 Å². The van der Waals surface area contributed by atoms with Gasteiger partial charge in [0.05, 0.1) is 21.9 Å². The maximum absolute atomic E-state index is 13.5. The number of sulfonamides is 1. The molecule has 16 heteroatoms. The van der Waals surface area contributed by atoms with E-state index in [1.165, 1.54) is 23.0 Å². The van der Waals surface area contributed by atoms with E-state index in [2.05, 4.69) is 29.8 Å². The first-order valence-electron chi connectivity index (χ1n) is 13.8. The summed E-state index contributed by atoms with van der Waals surface area (Å²) < 4.78 is 57.6. The molecule has 2 aliphatic rings. The molecule has 4 heterocycles. The number of anilines is 1. The van der Waals surface area contributed by atoms with Gasteiger partial charge < -0.3 is 9.80 Å². The Bertz CT molecular complexity index is 1880. The minimum atomic E-state index is -4.09. The highest BCUT2D eigenvalue weighted by atomic mass is 32.2. The molecule has 1 amide bonds. The van der Waals surface area contributed by atoms with Gasteiger partial charge in [-0.15, -0.1) is 10.2 Å². The van der Waals surface area contributed by atoms with Crippen molar-refractivity contribution in [2.75, 3.05) is 18.0 Å². The number of benzene rings is 1. The van der Waals surface area contributed by atoms with Crippen molar-refractivity contribution in [3.05, 3.63) is 29.5 Å². The molecule has 1 aliphatic carbocycles. The van der Waals surface area contributed by atoms with Crippen molar-refractivity contribution in [1.82, 2.24) is 34.4 Å². The molecule has 6 rings (SSSR count). The van der Waals surface area contributed by atoms with Gasteiger partial charge in [0.2, 0.25) is 21.1 Å². The van der Waals surface area contributed by atoms with Crippen LogP contribution >= 0.6 is 11.3 Å². The molecule has 2 unspecified atom stereocenters. The van der Waals surface area contributed by atoms with Crippen molar-refractivity contribution in [3.8, 4) is 11.2 Å². The van der Waals surface area contributed by atoms with Crippen molar-refractivity contribution in [1.29, 1.82) is 5.26 Å². The molecule has 1 saturated heterocycles. The average Bonchev–Trinajstić information content (AvgIpc) is 3.40. The topological polar surface area (TPSA) is 150 Å². The Morgan fingerprint density at radius 2 is 1.86 bits per heavy atom. The maximum Gasteiger partial charge on any atom is 0.291 e. The number of alkyl halides is 2. The second-order valence-electron chi connectivity index (χ2n) is 11.4. The summed E-state index contributed by atoms with van der Waals surface area (Å²) in [5.41, 5.74) is -0.430. The van der Waals surface area contributed by atoms with Crippen molar-refractivity contribution in [3.63, 3.8) is 0 Å². The summed E-state index contributed by atoms with van der Waals surface area (Å²) in [7, 11) is -4.09. The van der Waals surface area contributed by atoms with E-state index < -0.39 is 27.0 Å². The summed E-state index contributed by atoms with van der Waals surface area (Å²) in [6.45, 7) is 8.69. The van der Waals surface area contributed by atoms with E-state index in [-0.39, 0.29) is 33.9 Å². The van der Waals surface area contributed by atoms with Gasteiger partial charge in [0.15, 0.2) is 10.7 Å². The molecule has 2 fully saturated rings. The molecular formula is C27H29F2N9O3S2. The van der Waals surface area contributed by atoms with Gasteiger partial charge in [-0.25, -0.2) is 27.2 Å². The molecule has 43 heavy (non-hydrogen) atoms. The second kappa shape index (κ2) is 10.4. The summed E-state index contributed by atoms with van der Waals surface area (Å²) in [5.74, 6) is 0.493. The number of nitrogens with zero attached hydrogens (tertiary/aromatic N) is 8. The highest BCUT2D eigenvalue weighted by molar-refractivity contribution is 7.89. The lowest BCUT2D eigenvalue weighted by molar-refractivity contribution is -0.139. The Morgan fingerprint density at radius 3 is 2.44 bits per heavy atom. The van der Waals surface area contributed by atoms with Gasteiger partial charge in [0.1, 0.15) is 17.7 Å². The van der Waals surface area contributed by atoms with E-state index >= 15 is 0 Å². The highest BCUT2D eigenvalue weighted by Gasteiger charge is 2.47. The van der Waals surface area contributed by atoms with Crippen LogP contribution in [-0.4, -0.2) is 74.7 Å². The third kappa shape index (κ3) is 4.98. The molecular weight excluding hydrogens is 600 g/mol. The fraction of sp³-hybridized carbons (Fsp3) is 0.481. The first-order chi connectivity index (χ1) is 20.4. The van der Waals surface area contributed by atoms with Crippen LogP contribution in [0.25, 0.3) is 27.1 Å². The summed E-state index contributed by atoms with van der Waals surface area (Å²) in [6, 6.07) is 6.27. The predicted octanol–water partition coefficient (Wildman–Crippen LogP) is 3.78. The number of nitrogens with one attached hydrogen (secondary N) is 1. The normalized spacial score (nSPS) is 20.3. The number of hydrogen-bond donors (Lipinski definition) is 1. The quantitative estimate of drug-likeness (QED) is 0.322. The van der Waals surface area contributed by atoms with Gasteiger partial charge in [-0.05, 0) is 38.8 Å². The van der Waals surface area contributed by atoms with Crippen LogP contribution in [0.15, 0.2) is 29.4 Å². The number of piperazine rings is 1. The standard InChI is InChI=1S/C27H29F2N9O3S2/c1-14(2)25(39)37-15(3)10-36(11-16(37)4)22-20-18-6-5-17(43(40,41)35-27(12-30)7-8-27)9-19(18)38(23(20)32-13-31-22)26-34-33-24(42-26)21(28)29/h5-6,9,13-16,21,35H,7-8,10-11H2,1-4H3. The van der Waals surface area contributed by atoms with Crippen molar-refractivity contribution in [2.24, 2.45) is 5.92 Å². The first-order valence-corrected chi connectivity index (χ1v) is 16.1. The van der Waals surface area contributed by atoms with E-state index in [0.29, 0.717) is 65.0 Å². The Morgan fingerprint density at radius 1 is 1.16 bits per heavy atom. The van der Waals surface area contributed by atoms with E-state index in [0.717, 1.165) is 0 Å². The van der Waals surface area contributed by atoms with Gasteiger partial charge in [0.25, 0.3) is 6.43 Å². The number of halogens is 2. The van der Waals surface area contributed by atoms with Crippen molar-refractivity contribution in [2.45, 2.75) is 69.5 Å². The summed E-state index contributed by atoms with van der Waals surface area (Å²) in [4.78, 5) is 25.9. The average molecular weight is 630 g/mol. The van der Waals surface area contributed by atoms with Gasteiger partial charge in [-0.2, -0.15) is 9.98 Å². The van der Waals surface area contributed by atoms with Crippen LogP contribution in [-0.2, 0) is 14.8 Å². The molecule has 1 aliphatic heterocycles. The molecule has 1 aromatic carbocycles. The molecule has 0 radical (unpaired) electrons. The zero-order valence-corrected chi connectivity index (χ0v) is 25.5. The number of carbonyl (C=O) groups is 1. The van der Waals surface area contributed by atoms with Gasteiger partial charge in [0, 0.05) is 36.5 Å². The third-order valence-electron chi connectivity index (χ3n) is 7.88. The fourth-order valence-electron chi connectivity index (χ4n) is 5.71. The lowest BCUT2D eigenvalue weighted by atomic mass is 10.0. The molecule has 1 saturated carbocycles. The van der Waals surface area contributed by atoms with Gasteiger partial charge >= 0.3 is 0 Å². The van der Waals surface area contributed by atoms with Crippen LogP contribution in [0.2, 0.25) is 0 Å². The zero-order chi connectivity index (χ0) is 30.8. The Hall–Kier alpha value is -3.81. The number of rotatable bonds is 7. The summed E-state index contributed by atoms with van der Waals surface area (Å²) >= 11 is 0.678. The second-order valence-corrected chi connectivity index (χ2v) is 14.1. The molecule has 12 nitrogen and oxygen atoms in total. The summed E-state index contributed by atoms with van der Waals surface area (Å²) in [5, 5.41) is 17.8. The first kappa shape index (κ1) is 29.3. The van der Waals surface area contributed by atoms with E-state index in [1.807, 2.05) is 38.7 Å². The van der Waals surface area contributed by atoms with Crippen LogP contribution in [0.3, 0.4) is 0 Å². The molecule has 226 valence electrons. The number of hydrogen-bond acceptors (Lipinski definition) is 10. The highest BCUT2D eigenvalue weighted by Crippen LogP contribution is 2.40. The monoisotopic (exact) mass is 629 g/mol. The van der Waals surface area contributed by atoms with Gasteiger partial charge in [-0.1, -0.05) is 31.3 Å². The van der Waals surface area contributed by atoms with Crippen LogP contribution in [0.5, 0.6) is 0 Å². The molecule has 0 spiro atoms. The largest absolute Gasteiger partial charge is 0.352 e. The Labute approximate surface area is 250 Å². The van der Waals surface area contributed by atoms with E-state index in [1.54, 1.807) is 6.07 Å². The fourth-order valence-corrected chi connectivity index (χ4v) is 7.82. The molecule has 4 aromatic rings. The van der Waals surface area contributed by atoms with Crippen molar-refractivity contribution >= 4 is 55.0 Å².